The average Bonchev–Trinajstić information content (AvgIpc) is 3.07. The van der Waals surface area contributed by atoms with Gasteiger partial charge in [0.2, 0.25) is 0 Å². The van der Waals surface area contributed by atoms with E-state index in [0.29, 0.717) is 37.4 Å². The van der Waals surface area contributed by atoms with Gasteiger partial charge < -0.3 is 20.0 Å². The molecule has 2 N–H and O–H groups in total. The standard InChI is InChI=1S/C17H20FN3O3/c1-21(12-15-4-2-11-24-15)17(23)20-10-3-9-19-16(22)13-5-7-14(18)8-6-13/h2,4-8,11H,3,9-10,12H2,1H3,(H,19,22)(H,20,23). The molecular formula is C17H20FN3O3. The number of hydrogen-bond donors (Lipinski definition) is 2. The van der Waals surface area contributed by atoms with Gasteiger partial charge in [0, 0.05) is 25.7 Å². The van der Waals surface area contributed by atoms with Gasteiger partial charge in [-0.15, -0.1) is 0 Å². The number of urea groups is 1. The second kappa shape index (κ2) is 8.71. The zero-order chi connectivity index (χ0) is 17.4. The third-order valence-corrected chi connectivity index (χ3v) is 3.34. The van der Waals surface area contributed by atoms with Crippen molar-refractivity contribution in [2.24, 2.45) is 0 Å². The van der Waals surface area contributed by atoms with Crippen molar-refractivity contribution in [2.45, 2.75) is 13.0 Å². The Bertz CT molecular complexity index is 656. The van der Waals surface area contributed by atoms with Crippen molar-refractivity contribution in [3.63, 3.8) is 0 Å². The van der Waals surface area contributed by atoms with Crippen molar-refractivity contribution in [3.05, 3.63) is 59.8 Å². The molecule has 128 valence electrons. The quantitative estimate of drug-likeness (QED) is 0.764. The van der Waals surface area contributed by atoms with Gasteiger partial charge in [-0.1, -0.05) is 0 Å². The maximum absolute atomic E-state index is 12.8. The van der Waals surface area contributed by atoms with Crippen LogP contribution in [0.4, 0.5) is 9.18 Å². The van der Waals surface area contributed by atoms with E-state index in [1.165, 1.54) is 29.2 Å². The van der Waals surface area contributed by atoms with Gasteiger partial charge in [-0.25, -0.2) is 9.18 Å². The number of furan rings is 1. The predicted molar refractivity (Wildman–Crippen MR) is 86.9 cm³/mol. The first-order chi connectivity index (χ1) is 11.6. The molecule has 6 nitrogen and oxygen atoms in total. The number of carbonyl (C=O) groups is 2. The summed E-state index contributed by atoms with van der Waals surface area (Å²) in [6.07, 6.45) is 2.15. The Labute approximate surface area is 139 Å². The minimum Gasteiger partial charge on any atom is -0.467 e. The minimum absolute atomic E-state index is 0.212. The topological polar surface area (TPSA) is 74.6 Å². The smallest absolute Gasteiger partial charge is 0.317 e. The van der Waals surface area contributed by atoms with Crippen LogP contribution in [0.1, 0.15) is 22.5 Å². The van der Waals surface area contributed by atoms with Crippen LogP contribution in [0, 0.1) is 5.82 Å². The van der Waals surface area contributed by atoms with Crippen molar-refractivity contribution in [3.8, 4) is 0 Å². The predicted octanol–water partition coefficient (Wildman–Crippen LogP) is 2.38. The molecule has 0 fully saturated rings. The number of halogens is 1. The summed E-state index contributed by atoms with van der Waals surface area (Å²) < 4.78 is 18.0. The Morgan fingerprint density at radius 2 is 1.83 bits per heavy atom. The van der Waals surface area contributed by atoms with Crippen molar-refractivity contribution in [1.29, 1.82) is 0 Å². The summed E-state index contributed by atoms with van der Waals surface area (Å²) in [6, 6.07) is 8.69. The Balaban J connectivity index is 1.61. The van der Waals surface area contributed by atoms with Crippen LogP contribution in [0.3, 0.4) is 0 Å². The molecule has 1 aromatic carbocycles. The lowest BCUT2D eigenvalue weighted by atomic mass is 10.2. The molecule has 0 bridgehead atoms. The summed E-state index contributed by atoms with van der Waals surface area (Å²) in [6.45, 7) is 1.24. The summed E-state index contributed by atoms with van der Waals surface area (Å²) in [5, 5.41) is 5.48. The molecule has 0 aliphatic rings. The molecule has 0 aliphatic carbocycles. The normalized spacial score (nSPS) is 10.2. The summed E-state index contributed by atoms with van der Waals surface area (Å²) in [4.78, 5) is 25.2. The van der Waals surface area contributed by atoms with Crippen molar-refractivity contribution >= 4 is 11.9 Å². The van der Waals surface area contributed by atoms with Crippen LogP contribution in [-0.4, -0.2) is 37.0 Å². The summed E-state index contributed by atoms with van der Waals surface area (Å²) in [5.74, 6) is 0.0587. The van der Waals surface area contributed by atoms with E-state index in [9.17, 15) is 14.0 Å². The van der Waals surface area contributed by atoms with Gasteiger partial charge in [-0.3, -0.25) is 4.79 Å². The fourth-order valence-electron chi connectivity index (χ4n) is 2.03. The lowest BCUT2D eigenvalue weighted by molar-refractivity contribution is 0.0953. The van der Waals surface area contributed by atoms with Gasteiger partial charge in [-0.05, 0) is 42.8 Å². The van der Waals surface area contributed by atoms with E-state index >= 15 is 0 Å². The molecule has 0 aliphatic heterocycles. The van der Waals surface area contributed by atoms with Crippen molar-refractivity contribution < 1.29 is 18.4 Å². The molecule has 3 amide bonds. The maximum atomic E-state index is 12.8. The number of benzene rings is 1. The molecular weight excluding hydrogens is 313 g/mol. The fourth-order valence-corrected chi connectivity index (χ4v) is 2.03. The molecule has 0 unspecified atom stereocenters. The first-order valence-corrected chi connectivity index (χ1v) is 7.61. The first kappa shape index (κ1) is 17.5. The maximum Gasteiger partial charge on any atom is 0.317 e. The molecule has 0 saturated carbocycles. The first-order valence-electron chi connectivity index (χ1n) is 7.61. The van der Waals surface area contributed by atoms with Crippen LogP contribution >= 0.6 is 0 Å². The van der Waals surface area contributed by atoms with Gasteiger partial charge in [0.05, 0.1) is 12.8 Å². The lowest BCUT2D eigenvalue weighted by Crippen LogP contribution is -2.38. The average molecular weight is 333 g/mol. The van der Waals surface area contributed by atoms with Crippen LogP contribution in [0.15, 0.2) is 47.1 Å². The summed E-state index contributed by atoms with van der Waals surface area (Å²) >= 11 is 0. The highest BCUT2D eigenvalue weighted by Crippen LogP contribution is 2.04. The Kier molecular flexibility index (Phi) is 6.36. The van der Waals surface area contributed by atoms with E-state index in [1.807, 2.05) is 0 Å². The highest BCUT2D eigenvalue weighted by Gasteiger charge is 2.10. The van der Waals surface area contributed by atoms with Gasteiger partial charge in [0.15, 0.2) is 0 Å². The fraction of sp³-hybridized carbons (Fsp3) is 0.294. The number of amides is 3. The zero-order valence-electron chi connectivity index (χ0n) is 13.4. The second-order valence-corrected chi connectivity index (χ2v) is 5.28. The van der Waals surface area contributed by atoms with Gasteiger partial charge in [0.1, 0.15) is 11.6 Å². The largest absolute Gasteiger partial charge is 0.467 e. The van der Waals surface area contributed by atoms with E-state index in [2.05, 4.69) is 10.6 Å². The SMILES string of the molecule is CN(Cc1ccco1)C(=O)NCCCNC(=O)c1ccc(F)cc1. The van der Waals surface area contributed by atoms with Crippen molar-refractivity contribution in [2.75, 3.05) is 20.1 Å². The Morgan fingerprint density at radius 1 is 1.12 bits per heavy atom. The molecule has 1 aromatic heterocycles. The van der Waals surface area contributed by atoms with Gasteiger partial charge in [-0.2, -0.15) is 0 Å². The molecule has 0 spiro atoms. The molecule has 0 saturated heterocycles. The number of carbonyl (C=O) groups excluding carboxylic acids is 2. The van der Waals surface area contributed by atoms with Crippen LogP contribution in [0.25, 0.3) is 0 Å². The van der Waals surface area contributed by atoms with E-state index in [-0.39, 0.29) is 17.8 Å². The van der Waals surface area contributed by atoms with Crippen LogP contribution in [0.5, 0.6) is 0 Å². The van der Waals surface area contributed by atoms with E-state index in [0.717, 1.165) is 0 Å². The second-order valence-electron chi connectivity index (χ2n) is 5.28. The molecule has 0 radical (unpaired) electrons. The van der Waals surface area contributed by atoms with Gasteiger partial charge >= 0.3 is 6.03 Å². The monoisotopic (exact) mass is 333 g/mol. The molecule has 24 heavy (non-hydrogen) atoms. The number of nitrogens with one attached hydrogen (secondary N) is 2. The Morgan fingerprint density at radius 3 is 2.50 bits per heavy atom. The van der Waals surface area contributed by atoms with Gasteiger partial charge in [0.25, 0.3) is 5.91 Å². The number of rotatable bonds is 7. The lowest BCUT2D eigenvalue weighted by Gasteiger charge is -2.16. The summed E-state index contributed by atoms with van der Waals surface area (Å²) in [5.41, 5.74) is 0.401. The van der Waals surface area contributed by atoms with E-state index in [1.54, 1.807) is 25.4 Å². The molecule has 7 heteroatoms. The number of nitrogens with zero attached hydrogens (tertiary/aromatic N) is 1. The van der Waals surface area contributed by atoms with Crippen LogP contribution in [-0.2, 0) is 6.54 Å². The highest BCUT2D eigenvalue weighted by atomic mass is 19.1. The third-order valence-electron chi connectivity index (χ3n) is 3.34. The zero-order valence-corrected chi connectivity index (χ0v) is 13.4. The van der Waals surface area contributed by atoms with E-state index in [4.69, 9.17) is 4.42 Å². The van der Waals surface area contributed by atoms with Crippen LogP contribution < -0.4 is 10.6 Å². The Hall–Kier alpha value is -2.83. The summed E-state index contributed by atoms with van der Waals surface area (Å²) in [7, 11) is 1.67. The number of hydrogen-bond acceptors (Lipinski definition) is 3. The van der Waals surface area contributed by atoms with Crippen LogP contribution in [0.2, 0.25) is 0 Å². The third kappa shape index (κ3) is 5.42. The highest BCUT2D eigenvalue weighted by molar-refractivity contribution is 5.94. The van der Waals surface area contributed by atoms with Crippen molar-refractivity contribution in [1.82, 2.24) is 15.5 Å². The molecule has 2 aromatic rings. The van der Waals surface area contributed by atoms with E-state index < -0.39 is 0 Å². The molecule has 0 atom stereocenters. The minimum atomic E-state index is -0.382. The molecule has 1 heterocycles. The molecule has 2 rings (SSSR count).